The van der Waals surface area contributed by atoms with Gasteiger partial charge in [-0.05, 0) is 0 Å². The molecule has 2 aromatic heterocycles. The van der Waals surface area contributed by atoms with E-state index in [2.05, 4.69) is 40.9 Å². The molecular weight excluding hydrogens is 449 g/mol. The molecule has 0 spiro atoms. The topological polar surface area (TPSA) is 46.4 Å². The van der Waals surface area contributed by atoms with Crippen LogP contribution in [0.2, 0.25) is 3.43 Å². The second-order valence-electron chi connectivity index (χ2n) is 7.18. The van der Waals surface area contributed by atoms with Crippen LogP contribution >= 0.6 is 11.3 Å². The minimum atomic E-state index is -0.809. The first-order valence-electron chi connectivity index (χ1n) is 10.1. The molecule has 0 aromatic carbocycles. The Hall–Kier alpha value is -0.561. The zero-order valence-electron chi connectivity index (χ0n) is 16.7. The molecule has 0 aliphatic carbocycles. The zero-order valence-corrected chi connectivity index (χ0v) is 20.4. The average Bonchev–Trinajstić information content (AvgIpc) is 3.25. The molecule has 4 nitrogen and oxygen atoms in total. The molecule has 0 aliphatic heterocycles. The number of fused-ring (bicyclic) bond motifs is 1. The molecule has 0 bridgehead atoms. The van der Waals surface area contributed by atoms with Crippen molar-refractivity contribution < 1.29 is 4.79 Å². The van der Waals surface area contributed by atoms with E-state index in [0.29, 0.717) is 9.12 Å². The maximum absolute atomic E-state index is 12.0. The van der Waals surface area contributed by atoms with Gasteiger partial charge in [-0.25, -0.2) is 0 Å². The van der Waals surface area contributed by atoms with Crippen LogP contribution in [0.5, 0.6) is 0 Å². The minimum absolute atomic E-state index is 0.0829. The molecule has 1 N–H and O–H groups in total. The van der Waals surface area contributed by atoms with Gasteiger partial charge in [0.05, 0.1) is 0 Å². The van der Waals surface area contributed by atoms with Crippen LogP contribution in [0, 0.1) is 0 Å². The molecule has 2 heterocycles. The first kappa shape index (κ1) is 21.7. The van der Waals surface area contributed by atoms with Crippen molar-refractivity contribution in [2.75, 3.05) is 7.05 Å². The molecule has 144 valence electrons. The summed E-state index contributed by atoms with van der Waals surface area (Å²) in [6, 6.07) is 0. The van der Waals surface area contributed by atoms with Crippen LogP contribution in [0.4, 0.5) is 0 Å². The van der Waals surface area contributed by atoms with E-state index in [1.54, 1.807) is 18.4 Å². The Labute approximate surface area is 172 Å². The second-order valence-corrected chi connectivity index (χ2v) is 13.2. The first-order valence-corrected chi connectivity index (χ1v) is 13.8. The van der Waals surface area contributed by atoms with Gasteiger partial charge in [-0.3, -0.25) is 0 Å². The van der Waals surface area contributed by atoms with E-state index < -0.39 is 21.1 Å². The predicted octanol–water partition coefficient (Wildman–Crippen LogP) is 4.81. The van der Waals surface area contributed by atoms with E-state index in [9.17, 15) is 4.79 Å². The fraction of sp³-hybridized carbons (Fsp3) is 0.700. The summed E-state index contributed by atoms with van der Waals surface area (Å²) in [5, 5.41) is 5.02. The fourth-order valence-corrected chi connectivity index (χ4v) is 10.6. The van der Waals surface area contributed by atoms with E-state index >= 15 is 0 Å². The van der Waals surface area contributed by atoms with Crippen molar-refractivity contribution >= 4 is 46.9 Å². The molecule has 0 fully saturated rings. The molecule has 2 aromatic rings. The number of rotatable bonds is 12. The van der Waals surface area contributed by atoms with Crippen molar-refractivity contribution in [2.24, 2.45) is 0 Å². The van der Waals surface area contributed by atoms with Gasteiger partial charge in [0.15, 0.2) is 0 Å². The molecule has 2 rings (SSSR count). The van der Waals surface area contributed by atoms with E-state index in [1.165, 1.54) is 61.5 Å². The van der Waals surface area contributed by atoms with Gasteiger partial charge >= 0.3 is 173 Å². The summed E-state index contributed by atoms with van der Waals surface area (Å²) < 4.78 is 4.26. The number of hydrogen-bond acceptors (Lipinski definition) is 3. The van der Waals surface area contributed by atoms with Gasteiger partial charge in [-0.2, -0.15) is 0 Å². The Kier molecular flexibility index (Phi) is 8.94. The van der Waals surface area contributed by atoms with E-state index in [4.69, 9.17) is 0 Å². The van der Waals surface area contributed by atoms with E-state index in [-0.39, 0.29) is 5.91 Å². The summed E-state index contributed by atoms with van der Waals surface area (Å²) in [6.45, 7) is 6.93. The van der Waals surface area contributed by atoms with Gasteiger partial charge in [0, 0.05) is 0 Å². The van der Waals surface area contributed by atoms with Crippen LogP contribution < -0.4 is 9.03 Å². The molecule has 2 radical (unpaired) electrons. The summed E-state index contributed by atoms with van der Waals surface area (Å²) in [7, 11) is 1.67. The number of amides is 1. The first-order chi connectivity index (χ1) is 12.6. The number of hydrogen-bond donors (Lipinski definition) is 1. The number of thiazole rings is 1. The van der Waals surface area contributed by atoms with Crippen LogP contribution in [0.3, 0.4) is 0 Å². The number of unbranched alkanes of at least 4 members (excludes halogenated alkanes) is 3. The van der Waals surface area contributed by atoms with Crippen LogP contribution in [0.1, 0.15) is 89.0 Å². The molecule has 0 unspecified atom stereocenters. The molecular formula is C20H33N3OSSn. The third-order valence-corrected chi connectivity index (χ3v) is 12.2. The average molecular weight is 482 g/mol. The summed E-state index contributed by atoms with van der Waals surface area (Å²) >= 11 is 0.876. The molecule has 6 heteroatoms. The normalized spacial score (nSPS) is 12.0. The van der Waals surface area contributed by atoms with E-state index in [1.807, 2.05) is 6.33 Å². The molecule has 0 aliphatic rings. The van der Waals surface area contributed by atoms with Crippen molar-refractivity contribution in [1.29, 1.82) is 0 Å². The molecule has 0 saturated carbocycles. The molecule has 1 amide bonds. The number of nitrogens with zero attached hydrogens (tertiary/aromatic N) is 2. The van der Waals surface area contributed by atoms with Crippen molar-refractivity contribution in [3.8, 4) is 0 Å². The van der Waals surface area contributed by atoms with Gasteiger partial charge in [-0.1, -0.05) is 0 Å². The molecule has 0 saturated heterocycles. The Morgan fingerprint density at radius 2 is 1.73 bits per heavy atom. The molecule has 0 atom stereocenters. The van der Waals surface area contributed by atoms with Crippen molar-refractivity contribution in [3.05, 3.63) is 17.4 Å². The Bertz CT molecular complexity index is 673. The maximum atomic E-state index is 12.0. The third kappa shape index (κ3) is 5.24. The van der Waals surface area contributed by atoms with Crippen LogP contribution in [-0.2, 0) is 0 Å². The second kappa shape index (κ2) is 10.7. The van der Waals surface area contributed by atoms with Gasteiger partial charge in [0.25, 0.3) is 0 Å². The Morgan fingerprint density at radius 3 is 2.23 bits per heavy atom. The van der Waals surface area contributed by atoms with Gasteiger partial charge in [0.1, 0.15) is 0 Å². The predicted molar refractivity (Wildman–Crippen MR) is 113 cm³/mol. The van der Waals surface area contributed by atoms with Crippen LogP contribution in [-0.4, -0.2) is 43.5 Å². The quantitative estimate of drug-likeness (QED) is 0.442. The summed E-state index contributed by atoms with van der Waals surface area (Å²) in [5.41, 5.74) is 0.574. The zero-order chi connectivity index (χ0) is 19.0. The van der Waals surface area contributed by atoms with Crippen molar-refractivity contribution in [3.63, 3.8) is 0 Å². The number of carbonyl (C=O) groups excluding carboxylic acids is 1. The number of aromatic nitrogens is 2. The SMILES string of the molecule is CCCC[C](CCCC)(CCCC)[Sn][c]1csc2c(C(=O)NC)ncn12. The third-order valence-electron chi connectivity index (χ3n) is 5.13. The Balaban J connectivity index is 2.32. The number of carbonyl (C=O) groups is 1. The molecule has 26 heavy (non-hydrogen) atoms. The van der Waals surface area contributed by atoms with Crippen LogP contribution in [0.25, 0.3) is 4.83 Å². The van der Waals surface area contributed by atoms with Gasteiger partial charge in [-0.15, -0.1) is 0 Å². The summed E-state index contributed by atoms with van der Waals surface area (Å²) in [6.07, 6.45) is 13.9. The monoisotopic (exact) mass is 483 g/mol. The van der Waals surface area contributed by atoms with Crippen molar-refractivity contribution in [2.45, 2.75) is 82.0 Å². The van der Waals surface area contributed by atoms with Gasteiger partial charge in [0.2, 0.25) is 0 Å². The summed E-state index contributed by atoms with van der Waals surface area (Å²) in [4.78, 5) is 17.4. The number of imidazole rings is 1. The Morgan fingerprint density at radius 1 is 1.15 bits per heavy atom. The number of nitrogens with one attached hydrogen (secondary N) is 1. The van der Waals surface area contributed by atoms with E-state index in [0.717, 1.165) is 4.83 Å². The van der Waals surface area contributed by atoms with Crippen molar-refractivity contribution in [1.82, 2.24) is 14.7 Å². The van der Waals surface area contributed by atoms with Gasteiger partial charge < -0.3 is 0 Å². The summed E-state index contributed by atoms with van der Waals surface area (Å²) in [5.74, 6) is -0.0829. The van der Waals surface area contributed by atoms with Crippen LogP contribution in [0.15, 0.2) is 11.7 Å². The standard InChI is InChI=1S/C13H27.C7H6N3OS.Sn/c1-4-7-10-13(11-8-5-2)12-9-6-3;1-8-6(11)5-7-10(4-9-5)2-3-12-7;/h4-12H2,1-3H3;3-4H,1H3,(H,8,11);. The fourth-order valence-electron chi connectivity index (χ4n) is 3.53.